The fourth-order valence-corrected chi connectivity index (χ4v) is 4.18. The number of amides is 2. The molecule has 0 unspecified atom stereocenters. The van der Waals surface area contributed by atoms with Crippen LogP contribution in [0.1, 0.15) is 29.4 Å². The molecule has 0 spiro atoms. The van der Waals surface area contributed by atoms with Crippen molar-refractivity contribution in [2.24, 2.45) is 0 Å². The van der Waals surface area contributed by atoms with Crippen LogP contribution in [0.4, 0.5) is 5.69 Å². The van der Waals surface area contributed by atoms with Crippen molar-refractivity contribution in [3.63, 3.8) is 0 Å². The van der Waals surface area contributed by atoms with Crippen LogP contribution in [0.5, 0.6) is 0 Å². The highest BCUT2D eigenvalue weighted by atomic mass is 35.5. The van der Waals surface area contributed by atoms with Gasteiger partial charge < -0.3 is 15.0 Å². The number of likely N-dealkylation sites (tertiary alicyclic amines) is 1. The van der Waals surface area contributed by atoms with Gasteiger partial charge in [-0.2, -0.15) is 0 Å². The van der Waals surface area contributed by atoms with Gasteiger partial charge in [0.15, 0.2) is 6.10 Å². The number of hydrogen-bond acceptors (Lipinski definition) is 5. The Morgan fingerprint density at radius 3 is 2.61 bits per heavy atom. The van der Waals surface area contributed by atoms with Crippen LogP contribution in [0.3, 0.4) is 0 Å². The summed E-state index contributed by atoms with van der Waals surface area (Å²) in [6.07, 6.45) is 0.177. The van der Waals surface area contributed by atoms with Gasteiger partial charge in [0.1, 0.15) is 6.04 Å². The number of halogens is 2. The van der Waals surface area contributed by atoms with Gasteiger partial charge in [0.2, 0.25) is 0 Å². The first-order chi connectivity index (χ1) is 13.3. The van der Waals surface area contributed by atoms with Gasteiger partial charge in [-0.1, -0.05) is 29.3 Å². The van der Waals surface area contributed by atoms with Gasteiger partial charge >= 0.3 is 5.97 Å². The molecule has 28 heavy (non-hydrogen) atoms. The molecular formula is C19H18Cl2N2O4S. The molecule has 2 heterocycles. The van der Waals surface area contributed by atoms with E-state index in [0.29, 0.717) is 40.0 Å². The van der Waals surface area contributed by atoms with Crippen molar-refractivity contribution in [3.8, 4) is 0 Å². The Balaban J connectivity index is 1.61. The standard InChI is InChI=1S/C19H18Cl2N2O4S/c1-11(17(24)22-14-9-12(20)8-13(21)10-14)27-19(26)15-4-2-6-23(15)18(25)16-5-3-7-28-16/h3,5,7-11,15H,2,4,6H2,1H3,(H,22,24)/t11-,15+/m1/s1. The van der Waals surface area contributed by atoms with E-state index in [1.807, 2.05) is 5.38 Å². The molecule has 0 bridgehead atoms. The fraction of sp³-hybridized carbons (Fsp3) is 0.316. The minimum Gasteiger partial charge on any atom is -0.451 e. The third kappa shape index (κ3) is 4.84. The average Bonchev–Trinajstić information content (AvgIpc) is 3.32. The number of benzene rings is 1. The molecule has 9 heteroatoms. The van der Waals surface area contributed by atoms with Crippen molar-refractivity contribution in [1.29, 1.82) is 0 Å². The zero-order valence-electron chi connectivity index (χ0n) is 15.0. The summed E-state index contributed by atoms with van der Waals surface area (Å²) in [6.45, 7) is 1.96. The molecule has 1 aliphatic rings. The quantitative estimate of drug-likeness (QED) is 0.705. The van der Waals surface area contributed by atoms with E-state index in [-0.39, 0.29) is 5.91 Å². The molecule has 3 rings (SSSR count). The zero-order valence-corrected chi connectivity index (χ0v) is 17.3. The molecule has 1 aliphatic heterocycles. The minimum absolute atomic E-state index is 0.194. The predicted octanol–water partition coefficient (Wildman–Crippen LogP) is 4.23. The lowest BCUT2D eigenvalue weighted by Gasteiger charge is -2.24. The summed E-state index contributed by atoms with van der Waals surface area (Å²) < 4.78 is 5.32. The largest absolute Gasteiger partial charge is 0.451 e. The van der Waals surface area contributed by atoms with Crippen molar-refractivity contribution in [2.45, 2.75) is 31.9 Å². The maximum absolute atomic E-state index is 12.6. The van der Waals surface area contributed by atoms with Crippen molar-refractivity contribution < 1.29 is 19.1 Å². The van der Waals surface area contributed by atoms with E-state index in [1.165, 1.54) is 35.3 Å². The number of rotatable bonds is 5. The fourth-order valence-electron chi connectivity index (χ4n) is 2.97. The lowest BCUT2D eigenvalue weighted by atomic mass is 10.2. The maximum Gasteiger partial charge on any atom is 0.329 e. The number of nitrogens with one attached hydrogen (secondary N) is 1. The highest BCUT2D eigenvalue weighted by molar-refractivity contribution is 7.12. The van der Waals surface area contributed by atoms with Gasteiger partial charge in [0.05, 0.1) is 4.88 Å². The topological polar surface area (TPSA) is 75.7 Å². The Morgan fingerprint density at radius 1 is 1.25 bits per heavy atom. The predicted molar refractivity (Wildman–Crippen MR) is 109 cm³/mol. The summed E-state index contributed by atoms with van der Waals surface area (Å²) in [5.41, 5.74) is 0.403. The first-order valence-electron chi connectivity index (χ1n) is 8.67. The smallest absolute Gasteiger partial charge is 0.329 e. The second kappa shape index (κ2) is 8.94. The van der Waals surface area contributed by atoms with E-state index in [0.717, 1.165) is 0 Å². The SMILES string of the molecule is C[C@@H](OC(=O)[C@@H]1CCCN1C(=O)c1cccs1)C(=O)Nc1cc(Cl)cc(Cl)c1. The van der Waals surface area contributed by atoms with Gasteiger partial charge in [-0.25, -0.2) is 4.79 Å². The molecule has 6 nitrogen and oxygen atoms in total. The van der Waals surface area contributed by atoms with Gasteiger partial charge in [-0.05, 0) is 49.4 Å². The van der Waals surface area contributed by atoms with Gasteiger partial charge in [0.25, 0.3) is 11.8 Å². The summed E-state index contributed by atoms with van der Waals surface area (Å²) in [6, 6.07) is 7.44. The van der Waals surface area contributed by atoms with E-state index in [9.17, 15) is 14.4 Å². The number of hydrogen-bond donors (Lipinski definition) is 1. The minimum atomic E-state index is -1.04. The van der Waals surface area contributed by atoms with E-state index in [1.54, 1.807) is 18.2 Å². The number of ether oxygens (including phenoxy) is 1. The van der Waals surface area contributed by atoms with Crippen LogP contribution in [-0.2, 0) is 14.3 Å². The lowest BCUT2D eigenvalue weighted by molar-refractivity contribution is -0.156. The molecule has 1 aromatic heterocycles. The summed E-state index contributed by atoms with van der Waals surface area (Å²) in [7, 11) is 0. The van der Waals surface area contributed by atoms with Crippen LogP contribution < -0.4 is 5.32 Å². The second-order valence-corrected chi connectivity index (χ2v) is 8.18. The zero-order chi connectivity index (χ0) is 20.3. The Labute approximate surface area is 176 Å². The number of anilines is 1. The normalized spacial score (nSPS) is 17.2. The molecule has 148 valence electrons. The van der Waals surface area contributed by atoms with Crippen LogP contribution in [0, 0.1) is 0 Å². The molecule has 0 saturated carbocycles. The van der Waals surface area contributed by atoms with Gasteiger partial charge in [-0.15, -0.1) is 11.3 Å². The van der Waals surface area contributed by atoms with Crippen molar-refractivity contribution >= 4 is 58.0 Å². The van der Waals surface area contributed by atoms with E-state index < -0.39 is 24.0 Å². The Morgan fingerprint density at radius 2 is 1.96 bits per heavy atom. The number of thiophene rings is 1. The number of carbonyl (C=O) groups is 3. The summed E-state index contributed by atoms with van der Waals surface area (Å²) >= 11 is 13.2. The summed E-state index contributed by atoms with van der Waals surface area (Å²) in [4.78, 5) is 39.6. The van der Waals surface area contributed by atoms with Crippen LogP contribution >= 0.6 is 34.5 Å². The molecule has 2 amide bonds. The summed E-state index contributed by atoms with van der Waals surface area (Å²) in [5.74, 6) is -1.30. The molecule has 2 atom stereocenters. The molecule has 2 aromatic rings. The third-order valence-electron chi connectivity index (χ3n) is 4.31. The van der Waals surface area contributed by atoms with Crippen LogP contribution in [0.25, 0.3) is 0 Å². The Kier molecular flexibility index (Phi) is 6.59. The third-order valence-corrected chi connectivity index (χ3v) is 5.60. The lowest BCUT2D eigenvalue weighted by Crippen LogP contribution is -2.43. The summed E-state index contributed by atoms with van der Waals surface area (Å²) in [5, 5.41) is 5.17. The molecule has 1 N–H and O–H groups in total. The van der Waals surface area contributed by atoms with Crippen LogP contribution in [-0.4, -0.2) is 41.4 Å². The molecule has 1 aromatic carbocycles. The van der Waals surface area contributed by atoms with Crippen molar-refractivity contribution in [2.75, 3.05) is 11.9 Å². The molecule has 1 fully saturated rings. The molecule has 0 radical (unpaired) electrons. The monoisotopic (exact) mass is 440 g/mol. The Bertz CT molecular complexity index is 868. The maximum atomic E-state index is 12.6. The Hall–Kier alpha value is -2.09. The first kappa shape index (κ1) is 20.6. The van der Waals surface area contributed by atoms with E-state index in [2.05, 4.69) is 5.32 Å². The highest BCUT2D eigenvalue weighted by Gasteiger charge is 2.37. The average molecular weight is 441 g/mol. The van der Waals surface area contributed by atoms with Crippen LogP contribution in [0.15, 0.2) is 35.7 Å². The molecular weight excluding hydrogens is 423 g/mol. The van der Waals surface area contributed by atoms with Crippen molar-refractivity contribution in [1.82, 2.24) is 4.90 Å². The first-order valence-corrected chi connectivity index (χ1v) is 10.3. The molecule has 1 saturated heterocycles. The highest BCUT2D eigenvalue weighted by Crippen LogP contribution is 2.25. The van der Waals surface area contributed by atoms with Gasteiger partial charge in [0, 0.05) is 22.3 Å². The number of nitrogens with zero attached hydrogens (tertiary/aromatic N) is 1. The van der Waals surface area contributed by atoms with Crippen LogP contribution in [0.2, 0.25) is 10.0 Å². The van der Waals surface area contributed by atoms with E-state index in [4.69, 9.17) is 27.9 Å². The molecule has 0 aliphatic carbocycles. The number of carbonyl (C=O) groups excluding carboxylic acids is 3. The van der Waals surface area contributed by atoms with Gasteiger partial charge in [-0.3, -0.25) is 9.59 Å². The van der Waals surface area contributed by atoms with Crippen molar-refractivity contribution in [3.05, 3.63) is 50.6 Å². The number of esters is 1. The van der Waals surface area contributed by atoms with E-state index >= 15 is 0 Å². The second-order valence-electron chi connectivity index (χ2n) is 6.36.